The Kier molecular flexibility index (Phi) is 0.886. The molecule has 0 aromatic carbocycles. The first-order valence-electron chi connectivity index (χ1n) is 2.55. The molecule has 1 aliphatic carbocycles. The van der Waals surface area contributed by atoms with Gasteiger partial charge in [0.25, 0.3) is 1.43 Å². The van der Waals surface area contributed by atoms with E-state index in [0.717, 1.165) is 0 Å². The highest BCUT2D eigenvalue weighted by molar-refractivity contribution is 5.99. The van der Waals surface area contributed by atoms with Gasteiger partial charge in [-0.25, -0.2) is 0 Å². The molecule has 0 aromatic heterocycles. The second kappa shape index (κ2) is 1.82. The van der Waals surface area contributed by atoms with Crippen LogP contribution in [0.3, 0.4) is 0 Å². The largest absolute Gasteiger partial charge is 0.508 e. The van der Waals surface area contributed by atoms with Crippen LogP contribution in [-0.4, -0.2) is 10.9 Å². The summed E-state index contributed by atoms with van der Waals surface area (Å²) in [5.74, 6) is 0.130. The number of allylic oxidation sites excluding steroid dienone is 3. The van der Waals surface area contributed by atoms with Gasteiger partial charge in [-0.2, -0.15) is 0 Å². The zero-order valence-corrected chi connectivity index (χ0v) is 4.05. The molecule has 0 atom stereocenters. The molecule has 1 aliphatic rings. The van der Waals surface area contributed by atoms with Crippen LogP contribution in [0.15, 0.2) is 24.0 Å². The van der Waals surface area contributed by atoms with Crippen LogP contribution in [0.1, 0.15) is 0 Å². The molecule has 8 heavy (non-hydrogen) atoms. The molecule has 2 radical (unpaired) electrons. The monoisotopic (exact) mass is 109 g/mol. The molecule has 1 N–H and O–H groups in total. The summed E-state index contributed by atoms with van der Waals surface area (Å²) >= 11 is 0. The summed E-state index contributed by atoms with van der Waals surface area (Å²) < 4.78 is 6.39. The Hall–Kier alpha value is -1.05. The minimum absolute atomic E-state index is 0.198. The Morgan fingerprint density at radius 2 is 2.62 bits per heavy atom. The Labute approximate surface area is 48.6 Å². The van der Waals surface area contributed by atoms with E-state index in [4.69, 9.17) is 1.43 Å². The first kappa shape index (κ1) is 3.89. The third-order valence-corrected chi connectivity index (χ3v) is 0.756. The van der Waals surface area contributed by atoms with Crippen LogP contribution in [0, 0.1) is 6.42 Å². The quantitative estimate of drug-likeness (QED) is 0.536. The molecule has 2 heteroatoms. The van der Waals surface area contributed by atoms with E-state index in [1.54, 1.807) is 0 Å². The van der Waals surface area contributed by atoms with Crippen LogP contribution in [0.25, 0.3) is 1.43 Å². The van der Waals surface area contributed by atoms with Crippen molar-refractivity contribution in [1.82, 2.24) is 0 Å². The van der Waals surface area contributed by atoms with Crippen molar-refractivity contribution in [2.24, 2.45) is 0 Å². The van der Waals surface area contributed by atoms with Crippen LogP contribution < -0.4 is 0 Å². The molecule has 0 aromatic rings. The normalized spacial score (nSPS) is 19.8. The molecular formula is C6H4O2. The van der Waals surface area contributed by atoms with Gasteiger partial charge in [-0.05, 0) is 18.2 Å². The maximum Gasteiger partial charge on any atom is 0.293 e. The number of hydrogen-bond acceptors (Lipinski definition) is 2. The first-order valence-corrected chi connectivity index (χ1v) is 2.15. The van der Waals surface area contributed by atoms with Crippen molar-refractivity contribution in [2.45, 2.75) is 0 Å². The van der Waals surface area contributed by atoms with E-state index in [2.05, 4.69) is 11.5 Å². The van der Waals surface area contributed by atoms with E-state index in [0.29, 0.717) is 5.76 Å². The maximum absolute atomic E-state index is 10.4. The lowest BCUT2D eigenvalue weighted by molar-refractivity contribution is -0.111. The highest BCUT2D eigenvalue weighted by Gasteiger charge is 2.00. The van der Waals surface area contributed by atoms with Crippen molar-refractivity contribution < 1.29 is 9.90 Å². The summed E-state index contributed by atoms with van der Waals surface area (Å²) in [6.45, 7) is 0. The van der Waals surface area contributed by atoms with E-state index in [1.165, 1.54) is 18.2 Å². The topological polar surface area (TPSA) is 37.3 Å². The van der Waals surface area contributed by atoms with Gasteiger partial charge in [-0.15, -0.1) is 0 Å². The lowest BCUT2D eigenvalue weighted by atomic mass is 10.1. The average molecular weight is 109 g/mol. The first-order chi connectivity index (χ1) is 4.33. The van der Waals surface area contributed by atoms with Crippen LogP contribution in [0.5, 0.6) is 0 Å². The van der Waals surface area contributed by atoms with Gasteiger partial charge in [0.1, 0.15) is 5.76 Å². The Morgan fingerprint density at radius 1 is 1.75 bits per heavy atom. The molecule has 0 fully saturated rings. The number of rotatable bonds is 1. The van der Waals surface area contributed by atoms with Crippen molar-refractivity contribution in [1.29, 1.82) is 1.43 Å². The molecule has 1 rings (SSSR count). The molecule has 2 nitrogen and oxygen atoms in total. The summed E-state index contributed by atoms with van der Waals surface area (Å²) in [6.07, 6.45) is 6.40. The van der Waals surface area contributed by atoms with Crippen LogP contribution in [0.4, 0.5) is 0 Å². The zero-order chi connectivity index (χ0) is 6.69. The van der Waals surface area contributed by atoms with Gasteiger partial charge in [0, 0.05) is 0 Å². The van der Waals surface area contributed by atoms with Crippen molar-refractivity contribution in [3.8, 4) is 0 Å². The Bertz CT molecular complexity index is 181. The highest BCUT2D eigenvalue weighted by Crippen LogP contribution is 2.00. The summed E-state index contributed by atoms with van der Waals surface area (Å²) in [5, 5.41) is 4.05. The predicted molar refractivity (Wildman–Crippen MR) is 28.1 cm³/mol. The fourth-order valence-electron chi connectivity index (χ4n) is 0.396. The number of carbonyl (C=O) groups is 1. The smallest absolute Gasteiger partial charge is 0.293 e. The predicted octanol–water partition coefficient (Wildman–Crippen LogP) is 0.648. The number of ketones is 1. The molecule has 0 heterocycles. The summed E-state index contributed by atoms with van der Waals surface area (Å²) in [4.78, 5) is 10.4. The number of carbonyl (C=O) groups excluding carboxylic acids is 1. The average Bonchev–Trinajstić information content (AvgIpc) is 1.90. The van der Waals surface area contributed by atoms with Gasteiger partial charge in [-0.1, -0.05) is 0 Å². The molecule has 0 bridgehead atoms. The van der Waals surface area contributed by atoms with E-state index in [9.17, 15) is 4.79 Å². The number of aliphatic hydroxyl groups is 1. The van der Waals surface area contributed by atoms with E-state index in [1.807, 2.05) is 0 Å². The third-order valence-electron chi connectivity index (χ3n) is 0.756. The van der Waals surface area contributed by atoms with Crippen molar-refractivity contribution >= 4 is 5.78 Å². The highest BCUT2D eigenvalue weighted by atomic mass is 16.3. The Balaban J connectivity index is 2.63. The van der Waals surface area contributed by atoms with Gasteiger partial charge in [-0.3, -0.25) is 4.79 Å². The van der Waals surface area contributed by atoms with E-state index >= 15 is 0 Å². The lowest BCUT2D eigenvalue weighted by Crippen LogP contribution is -1.96. The second-order valence-electron chi connectivity index (χ2n) is 1.39. The van der Waals surface area contributed by atoms with Gasteiger partial charge in [0.2, 0.25) is 0 Å². The molecule has 40 valence electrons. The minimum Gasteiger partial charge on any atom is -0.508 e. The molecule has 0 aliphatic heterocycles. The summed E-state index contributed by atoms with van der Waals surface area (Å²) in [6, 6.07) is 0. The maximum atomic E-state index is 10.4. The van der Waals surface area contributed by atoms with Crippen LogP contribution in [0.2, 0.25) is 0 Å². The summed E-state index contributed by atoms with van der Waals surface area (Å²) in [5.41, 5.74) is 0. The SMILES string of the molecule is [2H]OC1=C[C]C(=O)C=C1. The van der Waals surface area contributed by atoms with Crippen LogP contribution >= 0.6 is 0 Å². The van der Waals surface area contributed by atoms with Crippen LogP contribution in [-0.2, 0) is 4.79 Å². The standard InChI is InChI=1S/C6H4O2/c7-5-1-2-6(8)4-3-5/h1-3,7H/i/hD. The molecule has 0 saturated carbocycles. The van der Waals surface area contributed by atoms with E-state index in [-0.39, 0.29) is 5.78 Å². The molecule has 0 saturated heterocycles. The van der Waals surface area contributed by atoms with Crippen molar-refractivity contribution in [3.63, 3.8) is 0 Å². The Morgan fingerprint density at radius 3 is 3.12 bits per heavy atom. The van der Waals surface area contributed by atoms with Gasteiger partial charge in [0.15, 0.2) is 5.78 Å². The zero-order valence-electron chi connectivity index (χ0n) is 5.05. The second-order valence-corrected chi connectivity index (χ2v) is 1.39. The molecule has 0 spiro atoms. The van der Waals surface area contributed by atoms with Crippen molar-refractivity contribution in [2.75, 3.05) is 0 Å². The minimum atomic E-state index is -0.198. The number of hydrogen-bond donors (Lipinski definition) is 1. The van der Waals surface area contributed by atoms with Gasteiger partial charge in [0.05, 0.1) is 6.42 Å². The van der Waals surface area contributed by atoms with E-state index < -0.39 is 0 Å². The molecule has 0 unspecified atom stereocenters. The molecular weight excluding hydrogens is 104 g/mol. The number of aliphatic hydroxyl groups excluding tert-OH is 1. The lowest BCUT2D eigenvalue weighted by Gasteiger charge is -1.94. The fraction of sp³-hybridized carbons (Fsp3) is 0. The fourth-order valence-corrected chi connectivity index (χ4v) is 0.396. The van der Waals surface area contributed by atoms with Gasteiger partial charge < -0.3 is 5.11 Å². The third kappa shape index (κ3) is 0.964. The summed E-state index contributed by atoms with van der Waals surface area (Å²) in [7, 11) is 0. The molecule has 0 amide bonds. The van der Waals surface area contributed by atoms with Crippen molar-refractivity contribution in [3.05, 3.63) is 30.4 Å². The van der Waals surface area contributed by atoms with Gasteiger partial charge >= 0.3 is 0 Å².